The minimum Gasteiger partial charge on any atom is -0.465 e. The van der Waals surface area contributed by atoms with E-state index in [2.05, 4.69) is 24.6 Å². The minimum absolute atomic E-state index is 0.107. The lowest BCUT2D eigenvalue weighted by Crippen LogP contribution is -2.22. The van der Waals surface area contributed by atoms with Gasteiger partial charge in [-0.05, 0) is 67.1 Å². The Morgan fingerprint density at radius 2 is 1.74 bits per heavy atom. The predicted octanol–water partition coefficient (Wildman–Crippen LogP) is 6.96. The van der Waals surface area contributed by atoms with E-state index in [1.165, 1.54) is 37.6 Å². The highest BCUT2D eigenvalue weighted by atomic mass is 32.2. The van der Waals surface area contributed by atoms with Gasteiger partial charge in [0.25, 0.3) is 10.0 Å². The SMILES string of the molecule is COC(=O)c1cc(-c2ccnc3c2ccn3S(=O)(=O)c2ccccc2)n(COCC[Si](C)(C)C)c1-c1ccc(F)cc1C. The number of carbonyl (C=O) groups is 1. The van der Waals surface area contributed by atoms with Crippen molar-refractivity contribution in [1.29, 1.82) is 0 Å². The zero-order valence-electron chi connectivity index (χ0n) is 24.8. The zero-order chi connectivity index (χ0) is 30.9. The number of fused-ring (bicyclic) bond motifs is 1. The molecule has 3 heterocycles. The summed E-state index contributed by atoms with van der Waals surface area (Å²) in [5, 5.41) is 0.571. The molecule has 0 spiro atoms. The Kier molecular flexibility index (Phi) is 8.42. The Morgan fingerprint density at radius 1 is 1.00 bits per heavy atom. The zero-order valence-corrected chi connectivity index (χ0v) is 26.6. The van der Waals surface area contributed by atoms with Crippen LogP contribution < -0.4 is 0 Å². The summed E-state index contributed by atoms with van der Waals surface area (Å²) >= 11 is 0. The number of methoxy groups -OCH3 is 1. The molecule has 3 aromatic heterocycles. The Balaban J connectivity index is 1.73. The molecule has 43 heavy (non-hydrogen) atoms. The number of carbonyl (C=O) groups excluding carboxylic acids is 1. The van der Waals surface area contributed by atoms with Crippen molar-refractivity contribution in [2.75, 3.05) is 13.7 Å². The fourth-order valence-electron chi connectivity index (χ4n) is 5.03. The Labute approximate surface area is 251 Å². The largest absolute Gasteiger partial charge is 0.465 e. The van der Waals surface area contributed by atoms with Crippen molar-refractivity contribution in [3.63, 3.8) is 0 Å². The Bertz CT molecular complexity index is 1910. The van der Waals surface area contributed by atoms with E-state index in [0.29, 0.717) is 40.1 Å². The summed E-state index contributed by atoms with van der Waals surface area (Å²) < 4.78 is 55.6. The Hall–Kier alpha value is -4.06. The van der Waals surface area contributed by atoms with Crippen molar-refractivity contribution in [2.24, 2.45) is 0 Å². The third-order valence-corrected chi connectivity index (χ3v) is 10.7. The van der Waals surface area contributed by atoms with Crippen LogP contribution in [0.15, 0.2) is 84.0 Å². The molecule has 0 aliphatic carbocycles. The number of hydrogen-bond donors (Lipinski definition) is 0. The number of hydrogen-bond acceptors (Lipinski definition) is 6. The van der Waals surface area contributed by atoms with Crippen LogP contribution >= 0.6 is 0 Å². The number of benzene rings is 2. The van der Waals surface area contributed by atoms with Crippen molar-refractivity contribution < 1.29 is 27.1 Å². The van der Waals surface area contributed by atoms with Gasteiger partial charge >= 0.3 is 5.97 Å². The van der Waals surface area contributed by atoms with Crippen molar-refractivity contribution in [1.82, 2.24) is 13.5 Å². The highest BCUT2D eigenvalue weighted by Crippen LogP contribution is 2.38. The van der Waals surface area contributed by atoms with Gasteiger partial charge in [-0.25, -0.2) is 26.6 Å². The molecule has 0 amide bonds. The molecule has 5 aromatic rings. The summed E-state index contributed by atoms with van der Waals surface area (Å²) in [4.78, 5) is 17.7. The number of nitrogens with zero attached hydrogens (tertiary/aromatic N) is 3. The van der Waals surface area contributed by atoms with Crippen LogP contribution in [0.5, 0.6) is 0 Å². The molecule has 8 nitrogen and oxygen atoms in total. The topological polar surface area (TPSA) is 92.4 Å². The van der Waals surface area contributed by atoms with E-state index in [4.69, 9.17) is 9.47 Å². The second-order valence-corrected chi connectivity index (χ2v) is 19.0. The maximum absolute atomic E-state index is 14.1. The summed E-state index contributed by atoms with van der Waals surface area (Å²) in [5.41, 5.74) is 3.59. The fourth-order valence-corrected chi connectivity index (χ4v) is 7.11. The first-order chi connectivity index (χ1) is 20.4. The average Bonchev–Trinajstić information content (AvgIpc) is 3.57. The number of rotatable bonds is 10. The van der Waals surface area contributed by atoms with Gasteiger partial charge in [-0.15, -0.1) is 0 Å². The van der Waals surface area contributed by atoms with Gasteiger partial charge in [0.2, 0.25) is 0 Å². The van der Waals surface area contributed by atoms with E-state index in [1.807, 2.05) is 4.57 Å². The van der Waals surface area contributed by atoms with Crippen molar-refractivity contribution in [2.45, 2.75) is 44.2 Å². The third kappa shape index (κ3) is 6.06. The molecule has 5 rings (SSSR count). The van der Waals surface area contributed by atoms with Crippen LogP contribution in [-0.2, 0) is 26.2 Å². The Morgan fingerprint density at radius 3 is 2.42 bits per heavy atom. The minimum atomic E-state index is -3.92. The number of esters is 1. The summed E-state index contributed by atoms with van der Waals surface area (Å²) in [6.07, 6.45) is 3.02. The van der Waals surface area contributed by atoms with Crippen LogP contribution in [0, 0.1) is 12.7 Å². The monoisotopic (exact) mass is 619 g/mol. The van der Waals surface area contributed by atoms with E-state index < -0.39 is 24.1 Å². The molecule has 0 bridgehead atoms. The normalized spacial score (nSPS) is 12.1. The fraction of sp³-hybridized carbons (Fsp3) is 0.250. The third-order valence-electron chi connectivity index (χ3n) is 7.29. The molecular weight excluding hydrogens is 586 g/mol. The molecule has 0 N–H and O–H groups in total. The van der Waals surface area contributed by atoms with Gasteiger partial charge < -0.3 is 14.0 Å². The second-order valence-electron chi connectivity index (χ2n) is 11.5. The van der Waals surface area contributed by atoms with E-state index in [-0.39, 0.29) is 28.7 Å². The van der Waals surface area contributed by atoms with Crippen LogP contribution in [0.2, 0.25) is 25.7 Å². The lowest BCUT2D eigenvalue weighted by molar-refractivity contribution is 0.0600. The van der Waals surface area contributed by atoms with Gasteiger partial charge in [-0.2, -0.15) is 0 Å². The van der Waals surface area contributed by atoms with Crippen LogP contribution in [0.25, 0.3) is 33.5 Å². The quantitative estimate of drug-likeness (QED) is 0.0954. The van der Waals surface area contributed by atoms with Crippen molar-refractivity contribution >= 4 is 35.1 Å². The molecule has 2 aromatic carbocycles. The van der Waals surface area contributed by atoms with Crippen molar-refractivity contribution in [3.8, 4) is 22.5 Å². The molecule has 0 radical (unpaired) electrons. The molecular formula is C32H34FN3O5SSi. The van der Waals surface area contributed by atoms with E-state index >= 15 is 0 Å². The highest BCUT2D eigenvalue weighted by molar-refractivity contribution is 7.90. The molecule has 0 unspecified atom stereocenters. The van der Waals surface area contributed by atoms with Crippen LogP contribution in [0.4, 0.5) is 4.39 Å². The highest BCUT2D eigenvalue weighted by Gasteiger charge is 2.27. The smallest absolute Gasteiger partial charge is 0.340 e. The van der Waals surface area contributed by atoms with Gasteiger partial charge in [0.15, 0.2) is 5.65 Å². The lowest BCUT2D eigenvalue weighted by Gasteiger charge is -2.19. The molecule has 224 valence electrons. The molecule has 0 fully saturated rings. The first kappa shape index (κ1) is 30.4. The maximum atomic E-state index is 14.1. The lowest BCUT2D eigenvalue weighted by atomic mass is 10.0. The van der Waals surface area contributed by atoms with E-state index in [1.54, 1.807) is 55.6 Å². The number of aromatic nitrogens is 3. The van der Waals surface area contributed by atoms with Gasteiger partial charge in [-0.1, -0.05) is 37.8 Å². The molecule has 0 aliphatic heterocycles. The van der Waals surface area contributed by atoms with Gasteiger partial charge in [0.05, 0.1) is 29.0 Å². The number of halogens is 1. The molecule has 0 atom stereocenters. The summed E-state index contributed by atoms with van der Waals surface area (Å²) in [5.74, 6) is -0.947. The van der Waals surface area contributed by atoms with Gasteiger partial charge in [-0.3, -0.25) is 0 Å². The summed E-state index contributed by atoms with van der Waals surface area (Å²) in [6.45, 7) is 9.21. The summed E-state index contributed by atoms with van der Waals surface area (Å²) in [6, 6.07) is 18.7. The second kappa shape index (κ2) is 11.9. The van der Waals surface area contributed by atoms with Crippen LogP contribution in [-0.4, -0.2) is 49.7 Å². The molecule has 0 saturated heterocycles. The standard InChI is InChI=1S/C32H34FN3O5SSi/c1-22-19-23(33)11-12-25(22)30-28(32(37)40-2)20-29(35(30)21-41-17-18-43(3,4)5)26-13-15-34-31-27(26)14-16-36(31)42(38,39)24-9-7-6-8-10-24/h6-16,19-20H,17-18,21H2,1-5H3. The van der Waals surface area contributed by atoms with Crippen LogP contribution in [0.3, 0.4) is 0 Å². The van der Waals surface area contributed by atoms with Gasteiger partial charge in [0, 0.05) is 43.6 Å². The van der Waals surface area contributed by atoms with Crippen molar-refractivity contribution in [3.05, 3.63) is 96.1 Å². The molecule has 0 aliphatic rings. The molecule has 11 heteroatoms. The first-order valence-corrected chi connectivity index (χ1v) is 19.0. The number of aryl methyl sites for hydroxylation is 1. The van der Waals surface area contributed by atoms with E-state index in [9.17, 15) is 17.6 Å². The first-order valence-electron chi connectivity index (χ1n) is 13.9. The summed E-state index contributed by atoms with van der Waals surface area (Å²) in [7, 11) is -3.99. The maximum Gasteiger partial charge on any atom is 0.340 e. The predicted molar refractivity (Wildman–Crippen MR) is 168 cm³/mol. The number of ether oxygens (including phenoxy) is 2. The van der Waals surface area contributed by atoms with Crippen LogP contribution in [0.1, 0.15) is 15.9 Å². The number of pyridine rings is 1. The van der Waals surface area contributed by atoms with Gasteiger partial charge in [0.1, 0.15) is 12.5 Å². The van der Waals surface area contributed by atoms with E-state index in [0.717, 1.165) is 10.0 Å². The molecule has 0 saturated carbocycles. The average molecular weight is 620 g/mol.